The second-order valence-corrected chi connectivity index (χ2v) is 9.38. The summed E-state index contributed by atoms with van der Waals surface area (Å²) in [6, 6.07) is 23.0. The zero-order valence-corrected chi connectivity index (χ0v) is 19.9. The van der Waals surface area contributed by atoms with E-state index < -0.39 is 23.0 Å². The van der Waals surface area contributed by atoms with Gasteiger partial charge in [-0.2, -0.15) is 0 Å². The number of nitrogens with zero attached hydrogens (tertiary/aromatic N) is 3. The molecule has 2 fully saturated rings. The van der Waals surface area contributed by atoms with Gasteiger partial charge in [0.15, 0.2) is 0 Å². The Kier molecular flexibility index (Phi) is 6.70. The number of nitro benzene ring substituents is 1. The van der Waals surface area contributed by atoms with Crippen molar-refractivity contribution >= 4 is 28.9 Å². The molecule has 0 N–H and O–H groups in total. The zero-order valence-electron chi connectivity index (χ0n) is 19.1. The number of rotatable bonds is 5. The highest BCUT2D eigenvalue weighted by molar-refractivity contribution is 6.30. The highest BCUT2D eigenvalue weighted by atomic mass is 35.5. The van der Waals surface area contributed by atoms with Crippen LogP contribution in [0, 0.1) is 16.0 Å². The monoisotopic (exact) mass is 491 g/mol. The van der Waals surface area contributed by atoms with Gasteiger partial charge in [-0.1, -0.05) is 54.1 Å². The molecular weight excluding hydrogens is 466 g/mol. The average Bonchev–Trinajstić information content (AvgIpc) is 3.30. The fourth-order valence-corrected chi connectivity index (χ4v) is 5.14. The van der Waals surface area contributed by atoms with Crippen molar-refractivity contribution < 1.29 is 14.6 Å². The van der Waals surface area contributed by atoms with Crippen molar-refractivity contribution in [2.24, 2.45) is 5.92 Å². The minimum atomic E-state index is -0.535. The third-order valence-electron chi connectivity index (χ3n) is 6.75. The van der Waals surface area contributed by atoms with Gasteiger partial charge in [0.25, 0.3) is 5.69 Å². The lowest BCUT2D eigenvalue weighted by molar-refractivity contribution is -0.384. The van der Waals surface area contributed by atoms with Crippen LogP contribution in [0.3, 0.4) is 0 Å². The van der Waals surface area contributed by atoms with E-state index in [1.54, 1.807) is 29.3 Å². The van der Waals surface area contributed by atoms with Crippen molar-refractivity contribution in [3.8, 4) is 0 Å². The van der Waals surface area contributed by atoms with Crippen molar-refractivity contribution in [1.29, 1.82) is 0 Å². The molecule has 35 heavy (non-hydrogen) atoms. The summed E-state index contributed by atoms with van der Waals surface area (Å²) >= 11 is 6.14. The molecule has 2 saturated heterocycles. The Bertz CT molecular complexity index is 1180. The van der Waals surface area contributed by atoms with Crippen molar-refractivity contribution in [3.63, 3.8) is 0 Å². The summed E-state index contributed by atoms with van der Waals surface area (Å²) in [6.45, 7) is 1.45. The molecule has 0 spiro atoms. The number of carbonyl (C=O) groups excluding carboxylic acids is 1. The van der Waals surface area contributed by atoms with E-state index in [1.165, 1.54) is 12.1 Å². The summed E-state index contributed by atoms with van der Waals surface area (Å²) in [5, 5.41) is 13.6. The maximum Gasteiger partial charge on any atom is 0.269 e. The number of hydrogen-bond acceptors (Lipinski definition) is 5. The van der Waals surface area contributed by atoms with Gasteiger partial charge in [0.2, 0.25) is 5.91 Å². The van der Waals surface area contributed by atoms with Crippen molar-refractivity contribution in [1.82, 2.24) is 4.90 Å². The molecule has 2 aliphatic rings. The van der Waals surface area contributed by atoms with Crippen LogP contribution in [0.5, 0.6) is 0 Å². The van der Waals surface area contributed by atoms with Gasteiger partial charge in [-0.05, 0) is 54.7 Å². The lowest BCUT2D eigenvalue weighted by Gasteiger charge is -2.33. The Morgan fingerprint density at radius 2 is 1.54 bits per heavy atom. The number of likely N-dealkylation sites (tertiary alicyclic amines) is 1. The van der Waals surface area contributed by atoms with E-state index in [0.717, 1.165) is 49.2 Å². The van der Waals surface area contributed by atoms with Crippen LogP contribution in [0.1, 0.15) is 42.5 Å². The molecular formula is C27H26ClN3O4. The number of non-ortho nitro benzene ring substituents is 1. The van der Waals surface area contributed by atoms with Gasteiger partial charge in [0.1, 0.15) is 6.10 Å². The number of halogens is 1. The first kappa shape index (κ1) is 23.3. The predicted octanol–water partition coefficient (Wildman–Crippen LogP) is 6.11. The fourth-order valence-electron chi connectivity index (χ4n) is 5.01. The SMILES string of the molecule is O=C([C@H]1[C@H](c2ccccc2)ON(c2ccc(Cl)cc2)[C@H]1c1ccc([N+](=O)[O-])cc1)N1CCCCC1. The molecule has 2 heterocycles. The first-order valence-corrected chi connectivity index (χ1v) is 12.2. The van der Waals surface area contributed by atoms with Crippen LogP contribution in [-0.2, 0) is 9.63 Å². The van der Waals surface area contributed by atoms with Crippen LogP contribution in [0.4, 0.5) is 11.4 Å². The van der Waals surface area contributed by atoms with Gasteiger partial charge in [0.05, 0.1) is 22.6 Å². The Hall–Kier alpha value is -3.42. The van der Waals surface area contributed by atoms with E-state index in [1.807, 2.05) is 47.4 Å². The van der Waals surface area contributed by atoms with E-state index in [2.05, 4.69) is 0 Å². The molecule has 0 radical (unpaired) electrons. The highest BCUT2D eigenvalue weighted by Crippen LogP contribution is 2.50. The van der Waals surface area contributed by atoms with Crippen LogP contribution in [0.15, 0.2) is 78.9 Å². The normalized spacial score (nSPS) is 22.3. The molecule has 180 valence electrons. The van der Waals surface area contributed by atoms with Gasteiger partial charge < -0.3 is 4.90 Å². The average molecular weight is 492 g/mol. The number of anilines is 1. The fraction of sp³-hybridized carbons (Fsp3) is 0.296. The van der Waals surface area contributed by atoms with E-state index >= 15 is 0 Å². The van der Waals surface area contributed by atoms with E-state index in [-0.39, 0.29) is 11.6 Å². The molecule has 2 aliphatic heterocycles. The molecule has 0 aliphatic carbocycles. The first-order chi connectivity index (χ1) is 17.0. The molecule has 0 saturated carbocycles. The van der Waals surface area contributed by atoms with Gasteiger partial charge in [0, 0.05) is 30.2 Å². The number of hydrogen-bond donors (Lipinski definition) is 0. The quantitative estimate of drug-likeness (QED) is 0.318. The van der Waals surface area contributed by atoms with Crippen molar-refractivity contribution in [2.75, 3.05) is 18.2 Å². The number of benzene rings is 3. The minimum absolute atomic E-state index is 0.00391. The zero-order chi connectivity index (χ0) is 24.4. The van der Waals surface area contributed by atoms with E-state index in [9.17, 15) is 14.9 Å². The smallest absolute Gasteiger partial charge is 0.269 e. The highest BCUT2D eigenvalue weighted by Gasteiger charge is 2.50. The summed E-state index contributed by atoms with van der Waals surface area (Å²) in [5.41, 5.74) is 2.45. The van der Waals surface area contributed by atoms with Gasteiger partial charge in [-0.15, -0.1) is 0 Å². The second-order valence-electron chi connectivity index (χ2n) is 8.94. The van der Waals surface area contributed by atoms with Gasteiger partial charge in [-0.25, -0.2) is 5.06 Å². The van der Waals surface area contributed by atoms with Crippen LogP contribution in [0.2, 0.25) is 5.02 Å². The van der Waals surface area contributed by atoms with Crippen molar-refractivity contribution in [2.45, 2.75) is 31.4 Å². The molecule has 1 amide bonds. The predicted molar refractivity (Wildman–Crippen MR) is 134 cm³/mol. The third-order valence-corrected chi connectivity index (χ3v) is 7.01. The van der Waals surface area contributed by atoms with Gasteiger partial charge >= 0.3 is 0 Å². The van der Waals surface area contributed by atoms with E-state index in [0.29, 0.717) is 5.02 Å². The van der Waals surface area contributed by atoms with Crippen LogP contribution in [0.25, 0.3) is 0 Å². The maximum absolute atomic E-state index is 14.1. The Morgan fingerprint density at radius 3 is 2.17 bits per heavy atom. The number of piperidine rings is 1. The van der Waals surface area contributed by atoms with Crippen LogP contribution >= 0.6 is 11.6 Å². The number of amides is 1. The Balaban J connectivity index is 1.62. The number of carbonyl (C=O) groups is 1. The topological polar surface area (TPSA) is 75.9 Å². The summed E-state index contributed by atoms with van der Waals surface area (Å²) in [5.74, 6) is -0.494. The third kappa shape index (κ3) is 4.74. The molecule has 3 atom stereocenters. The standard InChI is InChI=1S/C27H26ClN3O4/c28-21-11-15-22(16-12-21)30-25(19-9-13-23(14-10-19)31(33)34)24(27(32)29-17-5-2-6-18-29)26(35-30)20-7-3-1-4-8-20/h1,3-4,7-16,24-26H,2,5-6,17-18H2/t24-,25+,26+/m1/s1. The molecule has 0 unspecified atom stereocenters. The molecule has 3 aromatic carbocycles. The van der Waals surface area contributed by atoms with E-state index in [4.69, 9.17) is 16.4 Å². The molecule has 8 heteroatoms. The number of nitro groups is 1. The second kappa shape index (κ2) is 10.1. The summed E-state index contributed by atoms with van der Waals surface area (Å²) in [7, 11) is 0. The summed E-state index contributed by atoms with van der Waals surface area (Å²) in [4.78, 5) is 33.4. The van der Waals surface area contributed by atoms with Crippen LogP contribution in [-0.4, -0.2) is 28.8 Å². The van der Waals surface area contributed by atoms with Crippen molar-refractivity contribution in [3.05, 3.63) is 105 Å². The molecule has 7 nitrogen and oxygen atoms in total. The Labute approximate surface area is 209 Å². The lowest BCUT2D eigenvalue weighted by Crippen LogP contribution is -2.42. The molecule has 3 aromatic rings. The van der Waals surface area contributed by atoms with Crippen LogP contribution < -0.4 is 5.06 Å². The van der Waals surface area contributed by atoms with Gasteiger partial charge in [-0.3, -0.25) is 19.7 Å². The Morgan fingerprint density at radius 1 is 0.886 bits per heavy atom. The first-order valence-electron chi connectivity index (χ1n) is 11.8. The molecule has 5 rings (SSSR count). The number of hydroxylamine groups is 1. The largest absolute Gasteiger partial charge is 0.342 e. The maximum atomic E-state index is 14.1. The lowest BCUT2D eigenvalue weighted by atomic mass is 9.84. The molecule has 0 bridgehead atoms. The molecule has 0 aromatic heterocycles. The summed E-state index contributed by atoms with van der Waals surface area (Å²) in [6.07, 6.45) is 2.58. The summed E-state index contributed by atoms with van der Waals surface area (Å²) < 4.78 is 0. The minimum Gasteiger partial charge on any atom is -0.342 e.